The number of likely N-dealkylation sites (N-methyl/N-ethyl adjacent to an activating group) is 1. The smallest absolute Gasteiger partial charge is 0.313 e. The van der Waals surface area contributed by atoms with Gasteiger partial charge in [-0.05, 0) is 0 Å². The van der Waals surface area contributed by atoms with Gasteiger partial charge in [-0.1, -0.05) is 11.6 Å². The number of halogens is 1. The van der Waals surface area contributed by atoms with Gasteiger partial charge in [0.25, 0.3) is 0 Å². The number of amides is 1. The molecule has 1 aromatic heterocycles. The highest BCUT2D eigenvalue weighted by molar-refractivity contribution is 6.30. The van der Waals surface area contributed by atoms with Crippen LogP contribution in [0.3, 0.4) is 0 Å². The van der Waals surface area contributed by atoms with E-state index in [1.807, 2.05) is 0 Å². The average molecular weight is 300 g/mol. The average Bonchev–Trinajstić information content (AvgIpc) is 2.46. The van der Waals surface area contributed by atoms with E-state index in [0.717, 1.165) is 0 Å². The number of nitrogens with one attached hydrogen (secondary N) is 2. The molecule has 1 atom stereocenters. The fraction of sp³-hybridized carbons (Fsp3) is 0.455. The van der Waals surface area contributed by atoms with Crippen LogP contribution in [0.15, 0.2) is 12.3 Å². The van der Waals surface area contributed by atoms with Crippen LogP contribution in [-0.4, -0.2) is 48.5 Å². The fourth-order valence-corrected chi connectivity index (χ4v) is 2.29. The predicted octanol–water partition coefficient (Wildman–Crippen LogP) is 0.167. The summed E-state index contributed by atoms with van der Waals surface area (Å²) in [5.74, 6) is -0.0576. The molecule has 2 N–H and O–H groups in total. The predicted molar refractivity (Wildman–Crippen MR) is 74.0 cm³/mol. The number of nitrogens with zero attached hydrogens (tertiary/aromatic N) is 3. The maximum Gasteiger partial charge on any atom is 0.313 e. The number of nitro groups is 1. The normalized spacial score (nSPS) is 18.7. The largest absolute Gasteiger partial charge is 0.357 e. The maximum atomic E-state index is 11.9. The summed E-state index contributed by atoms with van der Waals surface area (Å²) >= 11 is 5.75. The van der Waals surface area contributed by atoms with Gasteiger partial charge in [0.05, 0.1) is 9.95 Å². The molecule has 20 heavy (non-hydrogen) atoms. The van der Waals surface area contributed by atoms with E-state index in [2.05, 4.69) is 15.6 Å². The van der Waals surface area contributed by atoms with E-state index in [-0.39, 0.29) is 22.4 Å². The zero-order valence-corrected chi connectivity index (χ0v) is 11.6. The molecule has 0 saturated carbocycles. The Balaban J connectivity index is 2.42. The number of hydrogen-bond donors (Lipinski definition) is 2. The molecule has 0 spiro atoms. The van der Waals surface area contributed by atoms with Gasteiger partial charge in [-0.2, -0.15) is 0 Å². The molecule has 1 aromatic rings. The van der Waals surface area contributed by atoms with Crippen LogP contribution in [0.1, 0.15) is 0 Å². The highest BCUT2D eigenvalue weighted by Gasteiger charge is 2.33. The molecule has 9 heteroatoms. The molecule has 1 unspecified atom stereocenters. The Morgan fingerprint density at radius 3 is 3.10 bits per heavy atom. The number of rotatable bonds is 3. The van der Waals surface area contributed by atoms with Crippen molar-refractivity contribution in [2.75, 3.05) is 31.6 Å². The quantitative estimate of drug-likeness (QED) is 0.609. The van der Waals surface area contributed by atoms with Crippen LogP contribution < -0.4 is 15.5 Å². The van der Waals surface area contributed by atoms with E-state index in [1.165, 1.54) is 19.3 Å². The van der Waals surface area contributed by atoms with Crippen LogP contribution >= 0.6 is 11.6 Å². The van der Waals surface area contributed by atoms with E-state index in [0.29, 0.717) is 19.6 Å². The number of carbonyl (C=O) groups excluding carboxylic acids is 1. The number of pyridine rings is 1. The summed E-state index contributed by atoms with van der Waals surface area (Å²) in [6.45, 7) is 1.48. The Kier molecular flexibility index (Phi) is 4.35. The van der Waals surface area contributed by atoms with Gasteiger partial charge < -0.3 is 15.5 Å². The molecule has 8 nitrogen and oxygen atoms in total. The number of carbonyl (C=O) groups is 1. The first-order chi connectivity index (χ1) is 9.54. The molecule has 0 aromatic carbocycles. The molecule has 0 aliphatic carbocycles. The monoisotopic (exact) mass is 299 g/mol. The van der Waals surface area contributed by atoms with E-state index < -0.39 is 11.0 Å². The minimum absolute atomic E-state index is 0.162. The molecule has 1 aliphatic heterocycles. The fourth-order valence-electron chi connectivity index (χ4n) is 2.14. The highest BCUT2D eigenvalue weighted by Crippen LogP contribution is 2.30. The van der Waals surface area contributed by atoms with Crippen molar-refractivity contribution < 1.29 is 9.72 Å². The molecule has 1 saturated heterocycles. The standard InChI is InChI=1S/C11H14ClN5O3/c1-13-11(18)9-6-14-2-3-16(9)10-8(17(19)20)4-7(12)5-15-10/h4-5,9,14H,2-3,6H2,1H3,(H,13,18). The Morgan fingerprint density at radius 1 is 1.70 bits per heavy atom. The molecular formula is C11H14ClN5O3. The van der Waals surface area contributed by atoms with Crippen LogP contribution in [0, 0.1) is 10.1 Å². The second kappa shape index (κ2) is 6.02. The summed E-state index contributed by atoms with van der Waals surface area (Å²) in [7, 11) is 1.53. The third-order valence-electron chi connectivity index (χ3n) is 3.08. The van der Waals surface area contributed by atoms with Crippen molar-refractivity contribution >= 4 is 29.0 Å². The highest BCUT2D eigenvalue weighted by atomic mass is 35.5. The lowest BCUT2D eigenvalue weighted by Crippen LogP contribution is -2.58. The van der Waals surface area contributed by atoms with Crippen molar-refractivity contribution in [3.63, 3.8) is 0 Å². The topological polar surface area (TPSA) is 100 Å². The SMILES string of the molecule is CNC(=O)C1CNCCN1c1ncc(Cl)cc1[N+](=O)[O-]. The van der Waals surface area contributed by atoms with Crippen LogP contribution in [0.2, 0.25) is 5.02 Å². The molecular weight excluding hydrogens is 286 g/mol. The van der Waals surface area contributed by atoms with Crippen molar-refractivity contribution in [1.82, 2.24) is 15.6 Å². The van der Waals surface area contributed by atoms with E-state index in [9.17, 15) is 14.9 Å². The van der Waals surface area contributed by atoms with Gasteiger partial charge in [-0.25, -0.2) is 4.98 Å². The lowest BCUT2D eigenvalue weighted by atomic mass is 10.1. The van der Waals surface area contributed by atoms with Crippen LogP contribution in [-0.2, 0) is 4.79 Å². The Morgan fingerprint density at radius 2 is 2.45 bits per heavy atom. The van der Waals surface area contributed by atoms with Gasteiger partial charge in [0.15, 0.2) is 0 Å². The zero-order chi connectivity index (χ0) is 14.7. The summed E-state index contributed by atoms with van der Waals surface area (Å²) in [5.41, 5.74) is -0.201. The molecule has 2 rings (SSSR count). The summed E-state index contributed by atoms with van der Waals surface area (Å²) in [4.78, 5) is 28.1. The maximum absolute atomic E-state index is 11.9. The van der Waals surface area contributed by atoms with Crippen LogP contribution in [0.25, 0.3) is 0 Å². The minimum atomic E-state index is -0.544. The first-order valence-electron chi connectivity index (χ1n) is 6.03. The van der Waals surface area contributed by atoms with Gasteiger partial charge in [0, 0.05) is 38.9 Å². The van der Waals surface area contributed by atoms with Crippen molar-refractivity contribution in [3.05, 3.63) is 27.4 Å². The number of aromatic nitrogens is 1. The van der Waals surface area contributed by atoms with Crippen LogP contribution in [0.5, 0.6) is 0 Å². The summed E-state index contributed by atoms with van der Waals surface area (Å²) < 4.78 is 0. The van der Waals surface area contributed by atoms with Gasteiger partial charge in [-0.3, -0.25) is 14.9 Å². The van der Waals surface area contributed by atoms with Gasteiger partial charge in [-0.15, -0.1) is 0 Å². The Bertz CT molecular complexity index is 539. The van der Waals surface area contributed by atoms with E-state index >= 15 is 0 Å². The lowest BCUT2D eigenvalue weighted by Gasteiger charge is -2.35. The second-order valence-corrected chi connectivity index (χ2v) is 4.72. The van der Waals surface area contributed by atoms with Crippen molar-refractivity contribution in [2.45, 2.75) is 6.04 Å². The van der Waals surface area contributed by atoms with Crippen molar-refractivity contribution in [2.24, 2.45) is 0 Å². The molecule has 108 valence electrons. The second-order valence-electron chi connectivity index (χ2n) is 4.28. The van der Waals surface area contributed by atoms with Gasteiger partial charge in [0.2, 0.25) is 11.7 Å². The molecule has 1 fully saturated rings. The van der Waals surface area contributed by atoms with Crippen molar-refractivity contribution in [3.8, 4) is 0 Å². The molecule has 1 aliphatic rings. The summed E-state index contributed by atoms with van der Waals surface area (Å²) in [5, 5.41) is 16.9. The first-order valence-corrected chi connectivity index (χ1v) is 6.41. The van der Waals surface area contributed by atoms with E-state index in [4.69, 9.17) is 11.6 Å². The third-order valence-corrected chi connectivity index (χ3v) is 3.28. The Labute approximate surface area is 120 Å². The summed E-state index contributed by atoms with van der Waals surface area (Å²) in [6.07, 6.45) is 1.34. The minimum Gasteiger partial charge on any atom is -0.357 e. The van der Waals surface area contributed by atoms with Gasteiger partial charge >= 0.3 is 5.69 Å². The Hall–Kier alpha value is -1.93. The zero-order valence-electron chi connectivity index (χ0n) is 10.8. The molecule has 0 bridgehead atoms. The molecule has 1 amide bonds. The van der Waals surface area contributed by atoms with E-state index in [1.54, 1.807) is 4.90 Å². The lowest BCUT2D eigenvalue weighted by molar-refractivity contribution is -0.384. The number of anilines is 1. The first kappa shape index (κ1) is 14.5. The molecule has 0 radical (unpaired) electrons. The molecule has 2 heterocycles. The summed E-state index contributed by atoms with van der Waals surface area (Å²) in [6, 6.07) is 0.702. The third kappa shape index (κ3) is 2.81. The van der Waals surface area contributed by atoms with Crippen LogP contribution in [0.4, 0.5) is 11.5 Å². The number of hydrogen-bond acceptors (Lipinski definition) is 6. The van der Waals surface area contributed by atoms with Gasteiger partial charge in [0.1, 0.15) is 6.04 Å². The number of piperazine rings is 1. The van der Waals surface area contributed by atoms with Crippen molar-refractivity contribution in [1.29, 1.82) is 0 Å².